The minimum absolute atomic E-state index is 0.0468. The molecule has 5 nitrogen and oxygen atoms in total. The van der Waals surface area contributed by atoms with Crippen LogP contribution in [0.2, 0.25) is 0 Å². The number of Topliss-reactive ketones (excluding diaryl/α,β-unsaturated/α-hetero) is 1. The molecule has 0 radical (unpaired) electrons. The highest BCUT2D eigenvalue weighted by Gasteiger charge is 2.13. The van der Waals surface area contributed by atoms with Gasteiger partial charge in [-0.05, 0) is 5.92 Å². The zero-order valence-electron chi connectivity index (χ0n) is 9.83. The van der Waals surface area contributed by atoms with Crippen molar-refractivity contribution in [1.29, 1.82) is 0 Å². The molecular weight excluding hydrogens is 236 g/mol. The molecule has 0 aliphatic rings. The van der Waals surface area contributed by atoms with E-state index in [1.54, 1.807) is 16.4 Å². The van der Waals surface area contributed by atoms with Crippen LogP contribution in [0.4, 0.5) is 0 Å². The molecule has 2 rings (SSSR count). The van der Waals surface area contributed by atoms with E-state index < -0.39 is 0 Å². The molecule has 0 spiro atoms. The second-order valence-corrected chi connectivity index (χ2v) is 5.10. The summed E-state index contributed by atoms with van der Waals surface area (Å²) in [5.74, 6) is 1.25. The van der Waals surface area contributed by atoms with Gasteiger partial charge >= 0.3 is 0 Å². The summed E-state index contributed by atoms with van der Waals surface area (Å²) in [4.78, 5) is 20.6. The summed E-state index contributed by atoms with van der Waals surface area (Å²) in [6.07, 6.45) is 3.38. The molecule has 2 heterocycles. The third kappa shape index (κ3) is 2.97. The minimum Gasteiger partial charge on any atom is -0.293 e. The molecule has 2 aromatic rings. The predicted octanol–water partition coefficient (Wildman–Crippen LogP) is 1.82. The van der Waals surface area contributed by atoms with Gasteiger partial charge in [0.25, 0.3) is 0 Å². The van der Waals surface area contributed by atoms with Crippen LogP contribution >= 0.6 is 11.3 Å². The van der Waals surface area contributed by atoms with Crippen molar-refractivity contribution in [1.82, 2.24) is 19.7 Å². The van der Waals surface area contributed by atoms with E-state index in [9.17, 15) is 4.79 Å². The highest BCUT2D eigenvalue weighted by Crippen LogP contribution is 2.10. The summed E-state index contributed by atoms with van der Waals surface area (Å²) in [5.41, 5.74) is 1.66. The highest BCUT2D eigenvalue weighted by molar-refractivity contribution is 7.11. The summed E-state index contributed by atoms with van der Waals surface area (Å²) in [5, 5.41) is 4.13. The van der Waals surface area contributed by atoms with E-state index >= 15 is 0 Å². The normalized spacial score (nSPS) is 11.0. The number of hydrogen-bond donors (Lipinski definition) is 0. The number of carbonyl (C=O) groups excluding carboxylic acids is 1. The van der Waals surface area contributed by atoms with Crippen LogP contribution in [-0.2, 0) is 13.0 Å². The molecule has 0 atom stereocenters. The third-order valence-corrected chi connectivity index (χ3v) is 3.07. The van der Waals surface area contributed by atoms with Crippen LogP contribution in [0.25, 0.3) is 0 Å². The van der Waals surface area contributed by atoms with Crippen molar-refractivity contribution in [2.24, 2.45) is 5.92 Å². The molecule has 0 aliphatic heterocycles. The first-order valence-corrected chi connectivity index (χ1v) is 6.33. The van der Waals surface area contributed by atoms with E-state index in [-0.39, 0.29) is 12.2 Å². The standard InChI is InChI=1S/C11H14N4OS/c1-8(2)5-15-11(13-6-14-15)3-9(16)10-4-12-7-17-10/h4,6-8H,3,5H2,1-2H3. The van der Waals surface area contributed by atoms with Gasteiger partial charge in [-0.3, -0.25) is 9.78 Å². The largest absolute Gasteiger partial charge is 0.293 e. The molecule has 0 aliphatic carbocycles. The van der Waals surface area contributed by atoms with Gasteiger partial charge < -0.3 is 0 Å². The van der Waals surface area contributed by atoms with E-state index in [0.29, 0.717) is 10.8 Å². The summed E-state index contributed by atoms with van der Waals surface area (Å²) in [6.45, 7) is 5.00. The van der Waals surface area contributed by atoms with Crippen molar-refractivity contribution in [2.45, 2.75) is 26.8 Å². The molecule has 0 bridgehead atoms. The summed E-state index contributed by atoms with van der Waals surface area (Å²) >= 11 is 1.35. The van der Waals surface area contributed by atoms with Crippen molar-refractivity contribution in [2.75, 3.05) is 0 Å². The van der Waals surface area contributed by atoms with Crippen molar-refractivity contribution in [3.05, 3.63) is 28.7 Å². The van der Waals surface area contributed by atoms with Gasteiger partial charge in [0.05, 0.1) is 16.8 Å². The second-order valence-electron chi connectivity index (χ2n) is 4.22. The Morgan fingerprint density at radius 3 is 3.00 bits per heavy atom. The highest BCUT2D eigenvalue weighted by atomic mass is 32.1. The molecule has 2 aromatic heterocycles. The fraction of sp³-hybridized carbons (Fsp3) is 0.455. The Hall–Kier alpha value is -1.56. The summed E-state index contributed by atoms with van der Waals surface area (Å²) in [7, 11) is 0. The first-order valence-electron chi connectivity index (χ1n) is 5.45. The summed E-state index contributed by atoms with van der Waals surface area (Å²) < 4.78 is 1.80. The molecule has 0 fully saturated rings. The SMILES string of the molecule is CC(C)Cn1ncnc1CC(=O)c1cncs1. The van der Waals surface area contributed by atoms with Gasteiger partial charge in [0.15, 0.2) is 5.78 Å². The van der Waals surface area contributed by atoms with E-state index in [2.05, 4.69) is 28.9 Å². The van der Waals surface area contributed by atoms with Gasteiger partial charge in [0.2, 0.25) is 0 Å². The molecular formula is C11H14N4OS. The number of hydrogen-bond acceptors (Lipinski definition) is 5. The van der Waals surface area contributed by atoms with Crippen LogP contribution in [0, 0.1) is 5.92 Å². The average Bonchev–Trinajstić information content (AvgIpc) is 2.89. The van der Waals surface area contributed by atoms with Gasteiger partial charge in [-0.1, -0.05) is 13.8 Å². The Labute approximate surface area is 104 Å². The van der Waals surface area contributed by atoms with E-state index in [1.807, 2.05) is 0 Å². The van der Waals surface area contributed by atoms with Crippen LogP contribution in [0.5, 0.6) is 0 Å². The number of nitrogens with zero attached hydrogens (tertiary/aromatic N) is 4. The van der Waals surface area contributed by atoms with Crippen molar-refractivity contribution >= 4 is 17.1 Å². The second kappa shape index (κ2) is 5.18. The fourth-order valence-corrected chi connectivity index (χ4v) is 2.07. The topological polar surface area (TPSA) is 60.7 Å². The first kappa shape index (κ1) is 11.9. The maximum absolute atomic E-state index is 11.9. The first-order chi connectivity index (χ1) is 8.16. The molecule has 0 saturated heterocycles. The predicted molar refractivity (Wildman–Crippen MR) is 65.0 cm³/mol. The number of thiazole rings is 1. The Bertz CT molecular complexity index is 489. The number of rotatable bonds is 5. The van der Waals surface area contributed by atoms with Crippen LogP contribution in [0.3, 0.4) is 0 Å². The van der Waals surface area contributed by atoms with Crippen LogP contribution in [0.15, 0.2) is 18.0 Å². The van der Waals surface area contributed by atoms with Gasteiger partial charge in [-0.15, -0.1) is 11.3 Å². The quantitative estimate of drug-likeness (QED) is 0.759. The maximum atomic E-state index is 11.9. The Kier molecular flexibility index (Phi) is 3.63. The maximum Gasteiger partial charge on any atom is 0.181 e. The monoisotopic (exact) mass is 250 g/mol. The zero-order valence-corrected chi connectivity index (χ0v) is 10.6. The molecule has 0 aromatic carbocycles. The van der Waals surface area contributed by atoms with Crippen LogP contribution in [0.1, 0.15) is 29.3 Å². The Morgan fingerprint density at radius 1 is 1.53 bits per heavy atom. The van der Waals surface area contributed by atoms with E-state index in [4.69, 9.17) is 0 Å². The van der Waals surface area contributed by atoms with Crippen molar-refractivity contribution in [3.63, 3.8) is 0 Å². The smallest absolute Gasteiger partial charge is 0.181 e. The fourth-order valence-electron chi connectivity index (χ4n) is 1.51. The zero-order chi connectivity index (χ0) is 12.3. The molecule has 17 heavy (non-hydrogen) atoms. The number of ketones is 1. The molecule has 0 unspecified atom stereocenters. The summed E-state index contributed by atoms with van der Waals surface area (Å²) in [6, 6.07) is 0. The molecule has 90 valence electrons. The molecule has 6 heteroatoms. The van der Waals surface area contributed by atoms with Crippen LogP contribution in [-0.4, -0.2) is 25.5 Å². The van der Waals surface area contributed by atoms with Gasteiger partial charge in [-0.25, -0.2) is 9.67 Å². The Balaban J connectivity index is 2.08. The van der Waals surface area contributed by atoms with Crippen molar-refractivity contribution in [3.8, 4) is 0 Å². The Morgan fingerprint density at radius 2 is 2.35 bits per heavy atom. The lowest BCUT2D eigenvalue weighted by Gasteiger charge is -2.07. The molecule has 0 N–H and O–H groups in total. The van der Waals surface area contributed by atoms with Gasteiger partial charge in [0.1, 0.15) is 12.2 Å². The van der Waals surface area contributed by atoms with E-state index in [0.717, 1.165) is 12.4 Å². The third-order valence-electron chi connectivity index (χ3n) is 2.26. The minimum atomic E-state index is 0.0468. The number of aromatic nitrogens is 4. The van der Waals surface area contributed by atoms with Crippen LogP contribution < -0.4 is 0 Å². The number of carbonyl (C=O) groups is 1. The van der Waals surface area contributed by atoms with Crippen molar-refractivity contribution < 1.29 is 4.79 Å². The van der Waals surface area contributed by atoms with Gasteiger partial charge in [0, 0.05) is 12.7 Å². The molecule has 0 saturated carbocycles. The molecule has 0 amide bonds. The lowest BCUT2D eigenvalue weighted by molar-refractivity contribution is 0.0992. The lowest BCUT2D eigenvalue weighted by Crippen LogP contribution is -2.13. The van der Waals surface area contributed by atoms with Gasteiger partial charge in [-0.2, -0.15) is 5.10 Å². The lowest BCUT2D eigenvalue weighted by atomic mass is 10.2. The van der Waals surface area contributed by atoms with E-state index in [1.165, 1.54) is 17.7 Å². The average molecular weight is 250 g/mol.